The monoisotopic (exact) mass is 474 g/mol. The molecule has 4 rings (SSSR count). The fraction of sp³-hybridized carbons (Fsp3) is 0.154. The SMILES string of the molecule is Cc1c(C(=O)O)cccc1-c1ccc(/C=C2\C(=O)NC(=S)N(c3ccc(C(C)C)cc3)C2=O)o1. The van der Waals surface area contributed by atoms with E-state index in [9.17, 15) is 19.5 Å². The van der Waals surface area contributed by atoms with Crippen LogP contribution in [0.15, 0.2) is 64.6 Å². The number of amides is 2. The molecule has 2 heterocycles. The summed E-state index contributed by atoms with van der Waals surface area (Å²) in [6.45, 7) is 5.84. The van der Waals surface area contributed by atoms with Crippen LogP contribution in [0.4, 0.5) is 5.69 Å². The Morgan fingerprint density at radius 3 is 2.44 bits per heavy atom. The zero-order chi connectivity index (χ0) is 24.6. The fourth-order valence-corrected chi connectivity index (χ4v) is 4.03. The summed E-state index contributed by atoms with van der Waals surface area (Å²) in [5, 5.41) is 11.9. The quantitative estimate of drug-likeness (QED) is 0.310. The van der Waals surface area contributed by atoms with Crippen molar-refractivity contribution in [2.24, 2.45) is 0 Å². The van der Waals surface area contributed by atoms with Gasteiger partial charge in [-0.3, -0.25) is 19.8 Å². The van der Waals surface area contributed by atoms with Crippen molar-refractivity contribution < 1.29 is 23.9 Å². The average molecular weight is 475 g/mol. The Bertz CT molecular complexity index is 1350. The van der Waals surface area contributed by atoms with Crippen LogP contribution in [0, 0.1) is 6.92 Å². The lowest BCUT2D eigenvalue weighted by Crippen LogP contribution is -2.54. The second kappa shape index (κ2) is 9.07. The highest BCUT2D eigenvalue weighted by Gasteiger charge is 2.34. The van der Waals surface area contributed by atoms with E-state index in [-0.39, 0.29) is 22.0 Å². The molecule has 1 aliphatic heterocycles. The highest BCUT2D eigenvalue weighted by molar-refractivity contribution is 7.80. The van der Waals surface area contributed by atoms with Gasteiger partial charge in [0.1, 0.15) is 17.1 Å². The number of carboxylic acids is 1. The van der Waals surface area contributed by atoms with Gasteiger partial charge in [-0.05, 0) is 72.6 Å². The van der Waals surface area contributed by atoms with E-state index in [1.165, 1.54) is 17.0 Å². The molecule has 2 N–H and O–H groups in total. The van der Waals surface area contributed by atoms with Crippen molar-refractivity contribution in [1.82, 2.24) is 5.32 Å². The normalized spacial score (nSPS) is 15.2. The van der Waals surface area contributed by atoms with Crippen LogP contribution in [0.1, 0.15) is 47.0 Å². The van der Waals surface area contributed by atoms with Gasteiger partial charge in [0.05, 0.1) is 11.3 Å². The van der Waals surface area contributed by atoms with Gasteiger partial charge in [0, 0.05) is 5.56 Å². The first-order valence-corrected chi connectivity index (χ1v) is 11.0. The van der Waals surface area contributed by atoms with Gasteiger partial charge in [0.15, 0.2) is 5.11 Å². The van der Waals surface area contributed by atoms with Gasteiger partial charge in [0.25, 0.3) is 11.8 Å². The maximum atomic E-state index is 13.2. The van der Waals surface area contributed by atoms with Gasteiger partial charge < -0.3 is 9.52 Å². The summed E-state index contributed by atoms with van der Waals surface area (Å²) < 4.78 is 5.84. The molecule has 1 aliphatic rings. The molecule has 1 saturated heterocycles. The first-order valence-electron chi connectivity index (χ1n) is 10.6. The molecule has 2 amide bonds. The van der Waals surface area contributed by atoms with E-state index >= 15 is 0 Å². The minimum absolute atomic E-state index is 0.00527. The molecule has 1 aromatic heterocycles. The standard InChI is InChI=1S/C26H22N2O5S/c1-14(2)16-7-9-17(10-8-16)28-24(30)21(23(29)27-26(28)34)13-18-11-12-22(33-18)19-5-4-6-20(15(19)3)25(31)32/h4-14H,1-3H3,(H,31,32)(H,27,29,34)/b21-13+. The fourth-order valence-electron chi connectivity index (χ4n) is 3.75. The van der Waals surface area contributed by atoms with E-state index in [1.807, 2.05) is 12.1 Å². The van der Waals surface area contributed by atoms with Crippen molar-refractivity contribution in [1.29, 1.82) is 0 Å². The van der Waals surface area contributed by atoms with Gasteiger partial charge in [0.2, 0.25) is 0 Å². The van der Waals surface area contributed by atoms with Crippen LogP contribution in [0.3, 0.4) is 0 Å². The molecule has 7 nitrogen and oxygen atoms in total. The van der Waals surface area contributed by atoms with E-state index in [0.717, 1.165) is 5.56 Å². The molecule has 2 aromatic carbocycles. The third kappa shape index (κ3) is 4.27. The largest absolute Gasteiger partial charge is 0.478 e. The van der Waals surface area contributed by atoms with Crippen molar-refractivity contribution in [3.63, 3.8) is 0 Å². The number of carboxylic acid groups (broad SMARTS) is 1. The molecule has 34 heavy (non-hydrogen) atoms. The number of thiocarbonyl (C=S) groups is 1. The summed E-state index contributed by atoms with van der Waals surface area (Å²) in [4.78, 5) is 38.5. The zero-order valence-corrected chi connectivity index (χ0v) is 19.6. The topological polar surface area (TPSA) is 99.8 Å². The summed E-state index contributed by atoms with van der Waals surface area (Å²) in [6, 6.07) is 15.6. The van der Waals surface area contributed by atoms with Crippen LogP contribution in [0.25, 0.3) is 17.4 Å². The van der Waals surface area contributed by atoms with Gasteiger partial charge in [-0.1, -0.05) is 38.1 Å². The third-order valence-corrected chi connectivity index (χ3v) is 5.95. The van der Waals surface area contributed by atoms with E-state index in [0.29, 0.717) is 28.5 Å². The highest BCUT2D eigenvalue weighted by atomic mass is 32.1. The first kappa shape index (κ1) is 23.1. The Morgan fingerprint density at radius 1 is 1.09 bits per heavy atom. The van der Waals surface area contributed by atoms with E-state index in [4.69, 9.17) is 16.6 Å². The molecule has 0 aliphatic carbocycles. The maximum Gasteiger partial charge on any atom is 0.335 e. The molecule has 3 aromatic rings. The van der Waals surface area contributed by atoms with Gasteiger partial charge in [-0.15, -0.1) is 0 Å². The van der Waals surface area contributed by atoms with Crippen LogP contribution in [-0.2, 0) is 9.59 Å². The van der Waals surface area contributed by atoms with E-state index in [1.54, 1.807) is 43.3 Å². The smallest absolute Gasteiger partial charge is 0.335 e. The first-order chi connectivity index (χ1) is 16.2. The number of furan rings is 1. The molecule has 0 unspecified atom stereocenters. The Morgan fingerprint density at radius 2 is 1.79 bits per heavy atom. The lowest BCUT2D eigenvalue weighted by atomic mass is 10.0. The Labute approximate surface area is 201 Å². The molecule has 8 heteroatoms. The number of carbonyl (C=O) groups is 3. The number of carbonyl (C=O) groups excluding carboxylic acids is 2. The minimum atomic E-state index is -1.03. The molecule has 0 bridgehead atoms. The maximum absolute atomic E-state index is 13.2. The molecule has 0 spiro atoms. The molecule has 172 valence electrons. The molecule has 1 fully saturated rings. The predicted octanol–water partition coefficient (Wildman–Crippen LogP) is 4.91. The van der Waals surface area contributed by atoms with Gasteiger partial charge >= 0.3 is 5.97 Å². The van der Waals surface area contributed by atoms with Gasteiger partial charge in [-0.25, -0.2) is 4.79 Å². The van der Waals surface area contributed by atoms with Crippen molar-refractivity contribution in [3.8, 4) is 11.3 Å². The van der Waals surface area contributed by atoms with Gasteiger partial charge in [-0.2, -0.15) is 0 Å². The van der Waals surface area contributed by atoms with Crippen molar-refractivity contribution in [2.45, 2.75) is 26.7 Å². The van der Waals surface area contributed by atoms with E-state index in [2.05, 4.69) is 19.2 Å². The Hall–Kier alpha value is -4.04. The van der Waals surface area contributed by atoms with E-state index < -0.39 is 17.8 Å². The van der Waals surface area contributed by atoms with Crippen LogP contribution in [0.5, 0.6) is 0 Å². The summed E-state index contributed by atoms with van der Waals surface area (Å²) in [6.07, 6.45) is 1.36. The molecule has 0 atom stereocenters. The number of hydrogen-bond acceptors (Lipinski definition) is 5. The summed E-state index contributed by atoms with van der Waals surface area (Å²) in [5.41, 5.74) is 2.87. The molecule has 0 radical (unpaired) electrons. The van der Waals surface area contributed by atoms with Crippen LogP contribution >= 0.6 is 12.2 Å². The number of hydrogen-bond donors (Lipinski definition) is 2. The van der Waals surface area contributed by atoms with Crippen molar-refractivity contribution in [2.75, 3.05) is 4.90 Å². The minimum Gasteiger partial charge on any atom is -0.478 e. The van der Waals surface area contributed by atoms with Crippen LogP contribution < -0.4 is 10.2 Å². The number of anilines is 1. The van der Waals surface area contributed by atoms with Crippen LogP contribution in [-0.4, -0.2) is 28.0 Å². The molecule has 0 saturated carbocycles. The van der Waals surface area contributed by atoms with Crippen molar-refractivity contribution in [3.05, 3.63) is 82.6 Å². The summed E-state index contributed by atoms with van der Waals surface area (Å²) >= 11 is 5.26. The summed E-state index contributed by atoms with van der Waals surface area (Å²) in [5.74, 6) is -1.18. The molecular weight excluding hydrogens is 452 g/mol. The number of nitrogens with one attached hydrogen (secondary N) is 1. The second-order valence-electron chi connectivity index (χ2n) is 8.19. The second-order valence-corrected chi connectivity index (χ2v) is 8.58. The lowest BCUT2D eigenvalue weighted by molar-refractivity contribution is -0.122. The molecular formula is C26H22N2O5S. The number of rotatable bonds is 5. The number of benzene rings is 2. The highest BCUT2D eigenvalue weighted by Crippen LogP contribution is 2.29. The predicted molar refractivity (Wildman–Crippen MR) is 133 cm³/mol. The van der Waals surface area contributed by atoms with Crippen molar-refractivity contribution >= 4 is 46.9 Å². The number of aromatic carboxylic acids is 1. The zero-order valence-electron chi connectivity index (χ0n) is 18.8. The Balaban J connectivity index is 1.67. The summed E-state index contributed by atoms with van der Waals surface area (Å²) in [7, 11) is 0. The third-order valence-electron chi connectivity index (χ3n) is 5.66. The Kier molecular flexibility index (Phi) is 6.17. The average Bonchev–Trinajstić information content (AvgIpc) is 3.25. The van der Waals surface area contributed by atoms with Crippen LogP contribution in [0.2, 0.25) is 0 Å². The lowest BCUT2D eigenvalue weighted by Gasteiger charge is -2.29. The number of nitrogens with zero attached hydrogens (tertiary/aromatic N) is 1.